The number of hydrogen-bond donors (Lipinski definition) is 1. The molecule has 0 atom stereocenters. The second-order valence-electron chi connectivity index (χ2n) is 3.61. The predicted molar refractivity (Wildman–Crippen MR) is 53.9 cm³/mol. The number of aromatic nitrogens is 1. The zero-order chi connectivity index (χ0) is 12.0. The molecule has 5 heteroatoms. The molecule has 0 aliphatic carbocycles. The third-order valence-corrected chi connectivity index (χ3v) is 2.61. The molecule has 0 spiro atoms. The van der Waals surface area contributed by atoms with Gasteiger partial charge in [-0.1, -0.05) is 0 Å². The lowest BCUT2D eigenvalue weighted by Crippen LogP contribution is -2.12. The van der Waals surface area contributed by atoms with Gasteiger partial charge in [0.2, 0.25) is 0 Å². The fraction of sp³-hybridized carbons (Fsp3) is 0.182. The van der Waals surface area contributed by atoms with E-state index in [4.69, 9.17) is 0 Å². The molecule has 2 rings (SSSR count). The van der Waals surface area contributed by atoms with E-state index in [1.54, 1.807) is 6.92 Å². The largest absolute Gasteiger partial charge is 0.358 e. The molecule has 1 heterocycles. The van der Waals surface area contributed by atoms with Crippen LogP contribution in [0.25, 0.3) is 10.9 Å². The van der Waals surface area contributed by atoms with E-state index in [0.29, 0.717) is 5.69 Å². The number of nitrogens with one attached hydrogen (secondary N) is 1. The van der Waals surface area contributed by atoms with E-state index >= 15 is 0 Å². The van der Waals surface area contributed by atoms with Crippen LogP contribution in [0.3, 0.4) is 0 Å². The number of halogens is 3. The zero-order valence-corrected chi connectivity index (χ0v) is 8.62. The number of benzene rings is 1. The number of pyridine rings is 1. The Balaban J connectivity index is 3.10. The highest BCUT2D eigenvalue weighted by molar-refractivity contribution is 5.80. The molecule has 0 aliphatic rings. The van der Waals surface area contributed by atoms with Gasteiger partial charge >= 0.3 is 0 Å². The molecular formula is C11H8F3NO. The summed E-state index contributed by atoms with van der Waals surface area (Å²) in [6.07, 6.45) is 0. The fourth-order valence-corrected chi connectivity index (χ4v) is 1.57. The van der Waals surface area contributed by atoms with Crippen molar-refractivity contribution in [2.24, 2.45) is 0 Å². The Morgan fingerprint density at radius 2 is 1.75 bits per heavy atom. The lowest BCUT2D eigenvalue weighted by molar-refractivity contribution is 0.453. The minimum atomic E-state index is -1.62. The van der Waals surface area contributed by atoms with Crippen LogP contribution < -0.4 is 5.43 Å². The van der Waals surface area contributed by atoms with Crippen LogP contribution in [0.2, 0.25) is 0 Å². The number of rotatable bonds is 0. The molecule has 0 amide bonds. The Labute approximate surface area is 88.7 Å². The third kappa shape index (κ3) is 1.31. The second kappa shape index (κ2) is 3.37. The molecule has 0 fully saturated rings. The van der Waals surface area contributed by atoms with Crippen molar-refractivity contribution in [2.75, 3.05) is 0 Å². The van der Waals surface area contributed by atoms with Crippen LogP contribution >= 0.6 is 0 Å². The molecule has 0 saturated carbocycles. The van der Waals surface area contributed by atoms with Gasteiger partial charge < -0.3 is 4.98 Å². The lowest BCUT2D eigenvalue weighted by Gasteiger charge is -2.05. The molecule has 84 valence electrons. The molecule has 0 saturated heterocycles. The number of hydrogen-bond acceptors (Lipinski definition) is 1. The van der Waals surface area contributed by atoms with Crippen molar-refractivity contribution >= 4 is 10.9 Å². The molecule has 1 aromatic heterocycles. The van der Waals surface area contributed by atoms with Gasteiger partial charge in [-0.15, -0.1) is 0 Å². The summed E-state index contributed by atoms with van der Waals surface area (Å²) >= 11 is 0. The number of aromatic amines is 1. The Morgan fingerprint density at radius 3 is 2.38 bits per heavy atom. The van der Waals surface area contributed by atoms with Crippen molar-refractivity contribution in [3.8, 4) is 0 Å². The summed E-state index contributed by atoms with van der Waals surface area (Å²) in [4.78, 5) is 14.3. The SMILES string of the molecule is Cc1[nH]c2cc(F)c(F)c(F)c2c(=O)c1C. The van der Waals surface area contributed by atoms with Gasteiger partial charge in [-0.25, -0.2) is 13.2 Å². The normalized spacial score (nSPS) is 11.1. The summed E-state index contributed by atoms with van der Waals surface area (Å²) in [6, 6.07) is 0.779. The molecule has 16 heavy (non-hydrogen) atoms. The first-order valence-electron chi connectivity index (χ1n) is 4.60. The van der Waals surface area contributed by atoms with Gasteiger partial charge in [0.15, 0.2) is 22.9 Å². The zero-order valence-electron chi connectivity index (χ0n) is 8.62. The maximum absolute atomic E-state index is 13.4. The van der Waals surface area contributed by atoms with Gasteiger partial charge in [-0.2, -0.15) is 0 Å². The van der Waals surface area contributed by atoms with Gasteiger partial charge in [-0.3, -0.25) is 4.79 Å². The van der Waals surface area contributed by atoms with Crippen LogP contribution in [0, 0.1) is 31.3 Å². The Hall–Kier alpha value is -1.78. The smallest absolute Gasteiger partial charge is 0.195 e. The van der Waals surface area contributed by atoms with Crippen molar-refractivity contribution in [2.45, 2.75) is 13.8 Å². The van der Waals surface area contributed by atoms with E-state index < -0.39 is 28.3 Å². The van der Waals surface area contributed by atoms with Gasteiger partial charge in [0.1, 0.15) is 0 Å². The van der Waals surface area contributed by atoms with Crippen LogP contribution in [0.15, 0.2) is 10.9 Å². The molecule has 2 aromatic rings. The summed E-state index contributed by atoms with van der Waals surface area (Å²) in [7, 11) is 0. The van der Waals surface area contributed by atoms with E-state index in [-0.39, 0.29) is 11.1 Å². The van der Waals surface area contributed by atoms with Gasteiger partial charge in [0.25, 0.3) is 0 Å². The number of fused-ring (bicyclic) bond motifs is 1. The second-order valence-corrected chi connectivity index (χ2v) is 3.61. The molecule has 1 aromatic carbocycles. The Kier molecular flexibility index (Phi) is 2.26. The summed E-state index contributed by atoms with van der Waals surface area (Å²) in [5, 5.41) is -0.443. The summed E-state index contributed by atoms with van der Waals surface area (Å²) in [6.45, 7) is 3.10. The van der Waals surface area contributed by atoms with Gasteiger partial charge in [0.05, 0.1) is 10.9 Å². The van der Waals surface area contributed by atoms with E-state index in [0.717, 1.165) is 6.07 Å². The Morgan fingerprint density at radius 1 is 1.12 bits per heavy atom. The van der Waals surface area contributed by atoms with Crippen molar-refractivity contribution < 1.29 is 13.2 Å². The van der Waals surface area contributed by atoms with Crippen LogP contribution in [0.5, 0.6) is 0 Å². The number of H-pyrrole nitrogens is 1. The average Bonchev–Trinajstić information content (AvgIpc) is 2.23. The molecule has 0 radical (unpaired) electrons. The lowest BCUT2D eigenvalue weighted by atomic mass is 10.1. The van der Waals surface area contributed by atoms with Crippen LogP contribution in [-0.2, 0) is 0 Å². The van der Waals surface area contributed by atoms with Gasteiger partial charge in [0, 0.05) is 17.3 Å². The minimum absolute atomic E-state index is 0.0375. The fourth-order valence-electron chi connectivity index (χ4n) is 1.57. The van der Waals surface area contributed by atoms with Crippen LogP contribution in [-0.4, -0.2) is 4.98 Å². The van der Waals surface area contributed by atoms with E-state index in [2.05, 4.69) is 4.98 Å². The molecule has 0 aliphatic heterocycles. The molecule has 1 N–H and O–H groups in total. The standard InChI is InChI=1S/C11H8F3NO/c1-4-5(2)15-7-3-6(12)9(13)10(14)8(7)11(4)16/h3H,1-2H3,(H,15,16). The summed E-state index contributed by atoms with van der Waals surface area (Å²) in [5.41, 5.74) is 0.132. The first-order valence-corrected chi connectivity index (χ1v) is 4.60. The minimum Gasteiger partial charge on any atom is -0.358 e. The monoisotopic (exact) mass is 227 g/mol. The third-order valence-electron chi connectivity index (χ3n) is 2.61. The van der Waals surface area contributed by atoms with Crippen molar-refractivity contribution in [1.29, 1.82) is 0 Å². The first-order chi connectivity index (χ1) is 7.43. The van der Waals surface area contributed by atoms with Crippen molar-refractivity contribution in [3.63, 3.8) is 0 Å². The first kappa shape index (κ1) is 10.7. The highest BCUT2D eigenvalue weighted by Crippen LogP contribution is 2.20. The average molecular weight is 227 g/mol. The summed E-state index contributed by atoms with van der Waals surface area (Å²) < 4.78 is 39.3. The van der Waals surface area contributed by atoms with Gasteiger partial charge in [-0.05, 0) is 13.8 Å². The van der Waals surface area contributed by atoms with Crippen molar-refractivity contribution in [3.05, 3.63) is 45.0 Å². The van der Waals surface area contributed by atoms with E-state index in [9.17, 15) is 18.0 Å². The molecular weight excluding hydrogens is 219 g/mol. The topological polar surface area (TPSA) is 32.9 Å². The van der Waals surface area contributed by atoms with Crippen LogP contribution in [0.4, 0.5) is 13.2 Å². The molecule has 2 nitrogen and oxygen atoms in total. The quantitative estimate of drug-likeness (QED) is 0.689. The van der Waals surface area contributed by atoms with E-state index in [1.165, 1.54) is 6.92 Å². The molecule has 0 unspecified atom stereocenters. The number of aryl methyl sites for hydroxylation is 1. The maximum Gasteiger partial charge on any atom is 0.195 e. The van der Waals surface area contributed by atoms with Crippen LogP contribution in [0.1, 0.15) is 11.3 Å². The predicted octanol–water partition coefficient (Wildman–Crippen LogP) is 2.56. The summed E-state index contributed by atoms with van der Waals surface area (Å²) in [5.74, 6) is -4.38. The highest BCUT2D eigenvalue weighted by atomic mass is 19.2. The maximum atomic E-state index is 13.4. The highest BCUT2D eigenvalue weighted by Gasteiger charge is 2.17. The molecule has 0 bridgehead atoms. The van der Waals surface area contributed by atoms with E-state index in [1.807, 2.05) is 0 Å². The Bertz CT molecular complexity index is 641. The van der Waals surface area contributed by atoms with Crippen molar-refractivity contribution in [1.82, 2.24) is 4.98 Å².